The Morgan fingerprint density at radius 2 is 1.93 bits per heavy atom. The van der Waals surface area contributed by atoms with Gasteiger partial charge in [0, 0.05) is 54.8 Å². The van der Waals surface area contributed by atoms with Gasteiger partial charge in [-0.1, -0.05) is 37.5 Å². The van der Waals surface area contributed by atoms with Gasteiger partial charge in [-0.3, -0.25) is 14.5 Å². The molecular weight excluding hydrogens is 348 g/mol. The lowest BCUT2D eigenvalue weighted by atomic mass is 9.94. The molecule has 1 aliphatic heterocycles. The zero-order valence-corrected chi connectivity index (χ0v) is 16.4. The normalized spacial score (nSPS) is 17.7. The van der Waals surface area contributed by atoms with E-state index < -0.39 is 0 Å². The second kappa shape index (κ2) is 7.04. The van der Waals surface area contributed by atoms with E-state index in [1.54, 1.807) is 6.92 Å². The number of carbonyl (C=O) groups excluding carboxylic acids is 1. The molecular formula is C23H26N4O. The van der Waals surface area contributed by atoms with Crippen LogP contribution in [0.15, 0.2) is 36.5 Å². The van der Waals surface area contributed by atoms with Gasteiger partial charge in [0.1, 0.15) is 0 Å². The zero-order valence-electron chi connectivity index (χ0n) is 16.4. The van der Waals surface area contributed by atoms with E-state index in [2.05, 4.69) is 27.9 Å². The highest BCUT2D eigenvalue weighted by atomic mass is 16.2. The van der Waals surface area contributed by atoms with Crippen LogP contribution in [0.3, 0.4) is 0 Å². The molecule has 2 aliphatic rings. The maximum atomic E-state index is 12.1. The Balaban J connectivity index is 1.68. The first-order chi connectivity index (χ1) is 13.7. The van der Waals surface area contributed by atoms with Crippen molar-refractivity contribution in [3.05, 3.63) is 47.8 Å². The van der Waals surface area contributed by atoms with Gasteiger partial charge in [-0.25, -0.2) is 0 Å². The molecule has 3 aromatic rings. The lowest BCUT2D eigenvalue weighted by molar-refractivity contribution is -0.129. The number of fused-ring (bicyclic) bond motifs is 2. The van der Waals surface area contributed by atoms with Crippen molar-refractivity contribution in [2.75, 3.05) is 6.54 Å². The van der Waals surface area contributed by atoms with E-state index in [0.717, 1.165) is 35.1 Å². The van der Waals surface area contributed by atoms with Crippen molar-refractivity contribution in [2.45, 2.75) is 58.0 Å². The number of nitrogens with zero attached hydrogens (tertiary/aromatic N) is 4. The van der Waals surface area contributed by atoms with Crippen LogP contribution in [0.2, 0.25) is 0 Å². The molecule has 1 aromatic carbocycles. The lowest BCUT2D eigenvalue weighted by Gasteiger charge is -2.29. The SMILES string of the molecule is CC(=O)N1CCc2c(c(-c3ccnc4ccccc34)nn2C2CCCCC2)C1. The molecule has 1 saturated carbocycles. The summed E-state index contributed by atoms with van der Waals surface area (Å²) < 4.78 is 2.32. The molecule has 0 bridgehead atoms. The highest BCUT2D eigenvalue weighted by molar-refractivity contribution is 5.94. The number of hydrogen-bond donors (Lipinski definition) is 0. The van der Waals surface area contributed by atoms with Crippen LogP contribution in [-0.4, -0.2) is 32.1 Å². The Kier molecular flexibility index (Phi) is 4.38. The number of hydrogen-bond acceptors (Lipinski definition) is 3. The van der Waals surface area contributed by atoms with Gasteiger partial charge in [0.2, 0.25) is 5.91 Å². The highest BCUT2D eigenvalue weighted by Gasteiger charge is 2.30. The number of amides is 1. The molecule has 0 radical (unpaired) electrons. The van der Waals surface area contributed by atoms with Crippen LogP contribution in [0.4, 0.5) is 0 Å². The average molecular weight is 374 g/mol. The zero-order chi connectivity index (χ0) is 19.1. The number of carbonyl (C=O) groups is 1. The fourth-order valence-electron chi connectivity index (χ4n) is 4.86. The number of aromatic nitrogens is 3. The number of rotatable bonds is 2. The Labute approximate surface area is 165 Å². The minimum absolute atomic E-state index is 0.140. The van der Waals surface area contributed by atoms with Gasteiger partial charge in [0.05, 0.1) is 17.3 Å². The standard InChI is InChI=1S/C23H26N4O/c1-16(28)26-14-12-22-20(15-26)23(25-27(22)17-7-3-2-4-8-17)19-11-13-24-21-10-6-5-9-18(19)21/h5-6,9-11,13,17H,2-4,7-8,12,14-15H2,1H3. The summed E-state index contributed by atoms with van der Waals surface area (Å²) >= 11 is 0. The third-order valence-electron chi connectivity index (χ3n) is 6.36. The maximum absolute atomic E-state index is 12.1. The Bertz CT molecular complexity index is 1030. The van der Waals surface area contributed by atoms with Crippen molar-refractivity contribution >= 4 is 16.8 Å². The fourth-order valence-corrected chi connectivity index (χ4v) is 4.86. The minimum Gasteiger partial charge on any atom is -0.338 e. The van der Waals surface area contributed by atoms with E-state index in [-0.39, 0.29) is 5.91 Å². The summed E-state index contributed by atoms with van der Waals surface area (Å²) in [6.45, 7) is 3.11. The van der Waals surface area contributed by atoms with Crippen molar-refractivity contribution < 1.29 is 4.79 Å². The van der Waals surface area contributed by atoms with Crippen molar-refractivity contribution in [1.29, 1.82) is 0 Å². The quantitative estimate of drug-likeness (QED) is 0.663. The smallest absolute Gasteiger partial charge is 0.219 e. The van der Waals surface area contributed by atoms with Gasteiger partial charge in [0.25, 0.3) is 0 Å². The summed E-state index contributed by atoms with van der Waals surface area (Å²) in [7, 11) is 0. The summed E-state index contributed by atoms with van der Waals surface area (Å²) in [6, 6.07) is 10.8. The average Bonchev–Trinajstić information content (AvgIpc) is 3.12. The van der Waals surface area contributed by atoms with E-state index in [4.69, 9.17) is 5.10 Å². The van der Waals surface area contributed by atoms with Crippen LogP contribution in [0.1, 0.15) is 56.3 Å². The maximum Gasteiger partial charge on any atom is 0.219 e. The summed E-state index contributed by atoms with van der Waals surface area (Å²) in [6.07, 6.45) is 9.08. The Hall–Kier alpha value is -2.69. The van der Waals surface area contributed by atoms with E-state index in [9.17, 15) is 4.79 Å². The molecule has 0 N–H and O–H groups in total. The van der Waals surface area contributed by atoms with Crippen LogP contribution in [-0.2, 0) is 17.8 Å². The molecule has 5 heteroatoms. The monoisotopic (exact) mass is 374 g/mol. The Morgan fingerprint density at radius 3 is 2.75 bits per heavy atom. The summed E-state index contributed by atoms with van der Waals surface area (Å²) in [4.78, 5) is 18.5. The van der Waals surface area contributed by atoms with Crippen LogP contribution >= 0.6 is 0 Å². The lowest BCUT2D eigenvalue weighted by Crippen LogP contribution is -2.35. The second-order valence-corrected chi connectivity index (χ2v) is 8.08. The summed E-state index contributed by atoms with van der Waals surface area (Å²) in [5, 5.41) is 6.31. The highest BCUT2D eigenvalue weighted by Crippen LogP contribution is 2.37. The predicted octanol–water partition coefficient (Wildman–Crippen LogP) is 4.51. The molecule has 1 fully saturated rings. The van der Waals surface area contributed by atoms with Gasteiger partial charge in [-0.05, 0) is 25.0 Å². The van der Waals surface area contributed by atoms with Crippen LogP contribution < -0.4 is 0 Å². The molecule has 5 nitrogen and oxygen atoms in total. The number of para-hydroxylation sites is 1. The molecule has 28 heavy (non-hydrogen) atoms. The largest absolute Gasteiger partial charge is 0.338 e. The predicted molar refractivity (Wildman–Crippen MR) is 110 cm³/mol. The van der Waals surface area contributed by atoms with E-state index in [0.29, 0.717) is 12.6 Å². The number of benzene rings is 1. The molecule has 0 saturated heterocycles. The first kappa shape index (κ1) is 17.4. The third-order valence-corrected chi connectivity index (χ3v) is 6.36. The Morgan fingerprint density at radius 1 is 1.11 bits per heavy atom. The topological polar surface area (TPSA) is 51.0 Å². The van der Waals surface area contributed by atoms with Crippen molar-refractivity contribution in [1.82, 2.24) is 19.7 Å². The minimum atomic E-state index is 0.140. The first-order valence-electron chi connectivity index (χ1n) is 10.4. The molecule has 0 unspecified atom stereocenters. The molecule has 0 atom stereocenters. The molecule has 3 heterocycles. The van der Waals surface area contributed by atoms with Crippen LogP contribution in [0.5, 0.6) is 0 Å². The van der Waals surface area contributed by atoms with Crippen LogP contribution in [0, 0.1) is 0 Å². The molecule has 1 amide bonds. The van der Waals surface area contributed by atoms with Crippen molar-refractivity contribution in [3.8, 4) is 11.3 Å². The van der Waals surface area contributed by atoms with Crippen molar-refractivity contribution in [2.24, 2.45) is 0 Å². The van der Waals surface area contributed by atoms with Gasteiger partial charge in [-0.15, -0.1) is 0 Å². The van der Waals surface area contributed by atoms with Gasteiger partial charge in [0.15, 0.2) is 0 Å². The fraction of sp³-hybridized carbons (Fsp3) is 0.435. The molecule has 0 spiro atoms. The molecule has 144 valence electrons. The first-order valence-corrected chi connectivity index (χ1v) is 10.4. The van der Waals surface area contributed by atoms with Crippen LogP contribution in [0.25, 0.3) is 22.2 Å². The molecule has 2 aromatic heterocycles. The second-order valence-electron chi connectivity index (χ2n) is 8.08. The molecule has 1 aliphatic carbocycles. The summed E-state index contributed by atoms with van der Waals surface area (Å²) in [5.74, 6) is 0.140. The van der Waals surface area contributed by atoms with Gasteiger partial charge < -0.3 is 4.90 Å². The van der Waals surface area contributed by atoms with Crippen molar-refractivity contribution in [3.63, 3.8) is 0 Å². The van der Waals surface area contributed by atoms with Gasteiger partial charge in [-0.2, -0.15) is 5.10 Å². The number of pyridine rings is 1. The van der Waals surface area contributed by atoms with E-state index in [1.165, 1.54) is 43.4 Å². The van der Waals surface area contributed by atoms with Gasteiger partial charge >= 0.3 is 0 Å². The molecule has 5 rings (SSSR count). The van der Waals surface area contributed by atoms with E-state index >= 15 is 0 Å². The summed E-state index contributed by atoms with van der Waals surface area (Å²) in [5.41, 5.74) is 5.70. The third kappa shape index (κ3) is 2.89. The van der Waals surface area contributed by atoms with E-state index in [1.807, 2.05) is 23.2 Å².